The minimum atomic E-state index is -0.753. The zero-order valence-electron chi connectivity index (χ0n) is 8.01. The molecule has 0 atom stereocenters. The number of hydrogen-bond donors (Lipinski definition) is 4. The molecule has 16 heavy (non-hydrogen) atoms. The van der Waals surface area contributed by atoms with Crippen LogP contribution in [0, 0.1) is 0 Å². The van der Waals surface area contributed by atoms with E-state index in [-0.39, 0.29) is 28.5 Å². The molecule has 0 unspecified atom stereocenters. The zero-order valence-corrected chi connectivity index (χ0v) is 8.01. The van der Waals surface area contributed by atoms with Gasteiger partial charge in [0.1, 0.15) is 17.2 Å². The van der Waals surface area contributed by atoms with E-state index in [1.807, 2.05) is 0 Å². The highest BCUT2D eigenvalue weighted by atomic mass is 16.3. The Morgan fingerprint density at radius 1 is 1.31 bits per heavy atom. The quantitative estimate of drug-likeness (QED) is 0.566. The van der Waals surface area contributed by atoms with Crippen LogP contribution in [0.4, 0.5) is 0 Å². The second-order valence-corrected chi connectivity index (χ2v) is 3.09. The van der Waals surface area contributed by atoms with Crippen LogP contribution in [-0.4, -0.2) is 31.5 Å². The molecule has 0 aliphatic rings. The van der Waals surface area contributed by atoms with Crippen molar-refractivity contribution in [2.75, 3.05) is 0 Å². The number of carbonyl (C=O) groups is 1. The van der Waals surface area contributed by atoms with Crippen LogP contribution in [0.3, 0.4) is 0 Å². The fraction of sp³-hybridized carbons (Fsp3) is 0. The van der Waals surface area contributed by atoms with Crippen LogP contribution in [0.1, 0.15) is 10.5 Å². The summed E-state index contributed by atoms with van der Waals surface area (Å²) < 4.78 is 0. The largest absolute Gasteiger partial charge is 0.508 e. The van der Waals surface area contributed by atoms with E-state index < -0.39 is 5.91 Å². The van der Waals surface area contributed by atoms with Gasteiger partial charge in [-0.1, -0.05) is 0 Å². The summed E-state index contributed by atoms with van der Waals surface area (Å²) in [6.45, 7) is 0. The highest BCUT2D eigenvalue weighted by Gasteiger charge is 2.17. The van der Waals surface area contributed by atoms with Gasteiger partial charge in [-0.25, -0.2) is 0 Å². The Labute approximate surface area is 89.5 Å². The van der Waals surface area contributed by atoms with Crippen molar-refractivity contribution in [2.24, 2.45) is 5.73 Å². The van der Waals surface area contributed by atoms with Crippen molar-refractivity contribution in [1.82, 2.24) is 15.4 Å². The summed E-state index contributed by atoms with van der Waals surface area (Å²) >= 11 is 0. The number of phenolic OH excluding ortho intramolecular Hbond substituents is 2. The van der Waals surface area contributed by atoms with Gasteiger partial charge in [0.15, 0.2) is 5.69 Å². The third-order valence-electron chi connectivity index (χ3n) is 2.02. The first-order valence-corrected chi connectivity index (χ1v) is 4.32. The second kappa shape index (κ2) is 3.54. The van der Waals surface area contributed by atoms with Gasteiger partial charge in [-0.15, -0.1) is 0 Å². The molecule has 0 bridgehead atoms. The number of hydrogen-bond acceptors (Lipinski definition) is 5. The van der Waals surface area contributed by atoms with Gasteiger partial charge in [0, 0.05) is 11.6 Å². The van der Waals surface area contributed by atoms with E-state index in [2.05, 4.69) is 15.4 Å². The zero-order chi connectivity index (χ0) is 11.7. The lowest BCUT2D eigenvalue weighted by molar-refractivity contribution is 0.0996. The maximum atomic E-state index is 11.0. The third-order valence-corrected chi connectivity index (χ3v) is 2.02. The molecule has 0 saturated heterocycles. The Kier molecular flexibility index (Phi) is 2.20. The number of aromatic nitrogens is 3. The number of aromatic amines is 1. The number of nitrogens with zero attached hydrogens (tertiary/aromatic N) is 2. The molecular weight excluding hydrogens is 212 g/mol. The number of H-pyrrole nitrogens is 1. The average molecular weight is 220 g/mol. The van der Waals surface area contributed by atoms with Gasteiger partial charge in [0.2, 0.25) is 0 Å². The highest BCUT2D eigenvalue weighted by Crippen LogP contribution is 2.31. The number of nitrogens with one attached hydrogen (secondary N) is 1. The average Bonchev–Trinajstić information content (AvgIpc) is 2.66. The number of benzene rings is 1. The molecule has 2 aromatic rings. The Morgan fingerprint density at radius 2 is 2.06 bits per heavy atom. The minimum absolute atomic E-state index is 0.0685. The van der Waals surface area contributed by atoms with Crippen LogP contribution in [0.25, 0.3) is 11.3 Å². The second-order valence-electron chi connectivity index (χ2n) is 3.09. The molecule has 1 heterocycles. The summed E-state index contributed by atoms with van der Waals surface area (Å²) in [5, 5.41) is 28.2. The molecule has 7 heteroatoms. The smallest absolute Gasteiger partial charge is 0.271 e. The molecule has 0 spiro atoms. The van der Waals surface area contributed by atoms with Crippen LogP contribution in [0.15, 0.2) is 18.2 Å². The highest BCUT2D eigenvalue weighted by molar-refractivity contribution is 5.97. The lowest BCUT2D eigenvalue weighted by Gasteiger charge is -2.02. The Morgan fingerprint density at radius 3 is 2.69 bits per heavy atom. The molecule has 2 rings (SSSR count). The molecular formula is C9H8N4O3. The van der Waals surface area contributed by atoms with E-state index in [0.717, 1.165) is 6.07 Å². The number of nitrogens with two attached hydrogens (primary N) is 1. The lowest BCUT2D eigenvalue weighted by Crippen LogP contribution is -2.12. The van der Waals surface area contributed by atoms with E-state index in [1.165, 1.54) is 12.1 Å². The van der Waals surface area contributed by atoms with E-state index in [4.69, 9.17) is 10.8 Å². The first kappa shape index (κ1) is 9.97. The van der Waals surface area contributed by atoms with Crippen LogP contribution in [0.5, 0.6) is 11.5 Å². The Hall–Kier alpha value is -2.57. The fourth-order valence-electron chi connectivity index (χ4n) is 1.31. The minimum Gasteiger partial charge on any atom is -0.508 e. The van der Waals surface area contributed by atoms with Crippen molar-refractivity contribution in [3.8, 4) is 22.8 Å². The van der Waals surface area contributed by atoms with Crippen molar-refractivity contribution < 1.29 is 15.0 Å². The van der Waals surface area contributed by atoms with Crippen molar-refractivity contribution >= 4 is 5.91 Å². The van der Waals surface area contributed by atoms with Crippen molar-refractivity contribution in [1.29, 1.82) is 0 Å². The van der Waals surface area contributed by atoms with Gasteiger partial charge in [0.25, 0.3) is 5.91 Å². The topological polar surface area (TPSA) is 125 Å². The molecule has 1 aromatic heterocycles. The molecule has 1 aromatic carbocycles. The number of carbonyl (C=O) groups excluding carboxylic acids is 1. The van der Waals surface area contributed by atoms with Crippen LogP contribution in [0.2, 0.25) is 0 Å². The first-order valence-electron chi connectivity index (χ1n) is 4.32. The van der Waals surface area contributed by atoms with Gasteiger partial charge in [-0.3, -0.25) is 4.79 Å². The Bertz CT molecular complexity index is 549. The third kappa shape index (κ3) is 1.54. The molecule has 7 nitrogen and oxygen atoms in total. The fourth-order valence-corrected chi connectivity index (χ4v) is 1.31. The lowest BCUT2D eigenvalue weighted by atomic mass is 10.1. The molecule has 1 amide bonds. The van der Waals surface area contributed by atoms with Crippen molar-refractivity contribution in [3.05, 3.63) is 23.9 Å². The monoisotopic (exact) mass is 220 g/mol. The molecule has 82 valence electrons. The number of phenols is 2. The number of amides is 1. The SMILES string of the molecule is NC(=O)c1n[nH]nc1-c1ccc(O)cc1O. The van der Waals surface area contributed by atoms with Gasteiger partial charge in [-0.05, 0) is 12.1 Å². The summed E-state index contributed by atoms with van der Waals surface area (Å²) in [6, 6.07) is 3.90. The number of aromatic hydroxyl groups is 2. The summed E-state index contributed by atoms with van der Waals surface area (Å²) in [5.74, 6) is -1.06. The molecule has 5 N–H and O–H groups in total. The summed E-state index contributed by atoms with van der Waals surface area (Å²) in [5.41, 5.74) is 5.42. The molecule has 0 fully saturated rings. The number of primary amides is 1. The maximum absolute atomic E-state index is 11.0. The van der Waals surface area contributed by atoms with Gasteiger partial charge in [-0.2, -0.15) is 15.4 Å². The standard InChI is InChI=1S/C9H8N4O3/c10-9(16)8-7(11-13-12-8)5-2-1-4(14)3-6(5)15/h1-3,14-15H,(H2,10,16)(H,11,12,13). The molecule has 0 radical (unpaired) electrons. The predicted octanol–water partition coefficient (Wildman–Crippen LogP) is -0.0182. The van der Waals surface area contributed by atoms with Gasteiger partial charge in [0.05, 0.1) is 0 Å². The Balaban J connectivity index is 2.59. The number of rotatable bonds is 2. The maximum Gasteiger partial charge on any atom is 0.271 e. The predicted molar refractivity (Wildman–Crippen MR) is 53.7 cm³/mol. The van der Waals surface area contributed by atoms with E-state index in [0.29, 0.717) is 0 Å². The van der Waals surface area contributed by atoms with Crippen LogP contribution >= 0.6 is 0 Å². The van der Waals surface area contributed by atoms with Crippen LogP contribution < -0.4 is 5.73 Å². The van der Waals surface area contributed by atoms with Gasteiger partial charge >= 0.3 is 0 Å². The molecule has 0 aliphatic heterocycles. The molecule has 0 aliphatic carbocycles. The first-order chi connectivity index (χ1) is 7.59. The normalized spacial score (nSPS) is 10.2. The van der Waals surface area contributed by atoms with Crippen LogP contribution in [-0.2, 0) is 0 Å². The van der Waals surface area contributed by atoms with Gasteiger partial charge < -0.3 is 15.9 Å². The van der Waals surface area contributed by atoms with Crippen molar-refractivity contribution in [3.63, 3.8) is 0 Å². The summed E-state index contributed by atoms with van der Waals surface area (Å²) in [6.07, 6.45) is 0. The molecule has 0 saturated carbocycles. The summed E-state index contributed by atoms with van der Waals surface area (Å²) in [4.78, 5) is 11.0. The van der Waals surface area contributed by atoms with E-state index >= 15 is 0 Å². The van der Waals surface area contributed by atoms with E-state index in [9.17, 15) is 9.90 Å². The van der Waals surface area contributed by atoms with E-state index in [1.54, 1.807) is 0 Å². The summed E-state index contributed by atoms with van der Waals surface area (Å²) in [7, 11) is 0. The van der Waals surface area contributed by atoms with Crippen molar-refractivity contribution in [2.45, 2.75) is 0 Å².